The van der Waals surface area contributed by atoms with Crippen molar-refractivity contribution in [3.63, 3.8) is 0 Å². The van der Waals surface area contributed by atoms with Crippen molar-refractivity contribution in [3.05, 3.63) is 10.9 Å². The first-order valence-corrected chi connectivity index (χ1v) is 6.36. The highest BCUT2D eigenvalue weighted by Crippen LogP contribution is 2.28. The standard InChI is InChI=1S/C11H16N4S/c1-3-5-13-11-14-9(12)8-6-7(4-2)16-10(8)15-11/h6H,3-5H2,1-2H3,(H3,12,13,14,15). The van der Waals surface area contributed by atoms with Crippen molar-refractivity contribution in [2.45, 2.75) is 26.7 Å². The van der Waals surface area contributed by atoms with E-state index in [-0.39, 0.29) is 0 Å². The van der Waals surface area contributed by atoms with Crippen molar-refractivity contribution in [1.82, 2.24) is 9.97 Å². The molecule has 16 heavy (non-hydrogen) atoms. The number of rotatable bonds is 4. The number of nitrogens with two attached hydrogens (primary N) is 1. The number of thiophene rings is 1. The van der Waals surface area contributed by atoms with Gasteiger partial charge in [-0.25, -0.2) is 4.98 Å². The second-order valence-corrected chi connectivity index (χ2v) is 4.76. The minimum Gasteiger partial charge on any atom is -0.383 e. The molecule has 0 aliphatic carbocycles. The summed E-state index contributed by atoms with van der Waals surface area (Å²) in [5.74, 6) is 1.20. The van der Waals surface area contributed by atoms with E-state index in [2.05, 4.69) is 35.2 Å². The second-order valence-electron chi connectivity index (χ2n) is 3.64. The predicted molar refractivity (Wildman–Crippen MR) is 70.0 cm³/mol. The maximum atomic E-state index is 5.91. The van der Waals surface area contributed by atoms with Gasteiger partial charge in [0.25, 0.3) is 0 Å². The van der Waals surface area contributed by atoms with Crippen molar-refractivity contribution in [2.24, 2.45) is 0 Å². The monoisotopic (exact) mass is 236 g/mol. The van der Waals surface area contributed by atoms with Crippen LogP contribution in [-0.4, -0.2) is 16.5 Å². The lowest BCUT2D eigenvalue weighted by Gasteiger charge is -2.03. The van der Waals surface area contributed by atoms with Gasteiger partial charge in [-0.1, -0.05) is 13.8 Å². The van der Waals surface area contributed by atoms with Crippen molar-refractivity contribution < 1.29 is 0 Å². The number of fused-ring (bicyclic) bond motifs is 1. The summed E-state index contributed by atoms with van der Waals surface area (Å²) >= 11 is 1.69. The molecule has 0 saturated heterocycles. The van der Waals surface area contributed by atoms with E-state index in [0.717, 1.165) is 29.6 Å². The van der Waals surface area contributed by atoms with Gasteiger partial charge in [-0.2, -0.15) is 4.98 Å². The molecule has 0 fully saturated rings. The van der Waals surface area contributed by atoms with Crippen LogP contribution < -0.4 is 11.1 Å². The fourth-order valence-electron chi connectivity index (χ4n) is 1.48. The zero-order chi connectivity index (χ0) is 11.5. The van der Waals surface area contributed by atoms with Crippen molar-refractivity contribution in [3.8, 4) is 0 Å². The van der Waals surface area contributed by atoms with Gasteiger partial charge in [-0.05, 0) is 18.9 Å². The first kappa shape index (κ1) is 11.1. The molecule has 0 bridgehead atoms. The van der Waals surface area contributed by atoms with E-state index in [0.29, 0.717) is 11.8 Å². The first-order valence-electron chi connectivity index (χ1n) is 5.54. The molecule has 5 heteroatoms. The molecule has 0 aromatic carbocycles. The van der Waals surface area contributed by atoms with Gasteiger partial charge >= 0.3 is 0 Å². The van der Waals surface area contributed by atoms with Crippen LogP contribution in [0.1, 0.15) is 25.1 Å². The molecule has 3 N–H and O–H groups in total. The lowest BCUT2D eigenvalue weighted by molar-refractivity contribution is 0.958. The van der Waals surface area contributed by atoms with Gasteiger partial charge in [0.15, 0.2) is 0 Å². The molecule has 0 unspecified atom stereocenters. The van der Waals surface area contributed by atoms with Crippen molar-refractivity contribution in [2.75, 3.05) is 17.6 Å². The van der Waals surface area contributed by atoms with Crippen LogP contribution in [0.15, 0.2) is 6.07 Å². The molecule has 2 aromatic heterocycles. The Morgan fingerprint density at radius 1 is 1.38 bits per heavy atom. The summed E-state index contributed by atoms with van der Waals surface area (Å²) in [6.07, 6.45) is 2.06. The van der Waals surface area contributed by atoms with E-state index in [4.69, 9.17) is 5.73 Å². The van der Waals surface area contributed by atoms with E-state index in [1.165, 1.54) is 4.88 Å². The van der Waals surface area contributed by atoms with Crippen LogP contribution in [0.25, 0.3) is 10.2 Å². The van der Waals surface area contributed by atoms with Gasteiger partial charge in [0.1, 0.15) is 10.6 Å². The second kappa shape index (κ2) is 4.65. The van der Waals surface area contributed by atoms with E-state index < -0.39 is 0 Å². The normalized spacial score (nSPS) is 10.9. The van der Waals surface area contributed by atoms with Crippen LogP contribution >= 0.6 is 11.3 Å². The lowest BCUT2D eigenvalue weighted by atomic mass is 10.3. The van der Waals surface area contributed by atoms with Crippen LogP contribution in [0, 0.1) is 0 Å². The molecule has 0 spiro atoms. The third kappa shape index (κ3) is 2.09. The van der Waals surface area contributed by atoms with Crippen LogP contribution in [0.5, 0.6) is 0 Å². The Morgan fingerprint density at radius 3 is 2.88 bits per heavy atom. The van der Waals surface area contributed by atoms with Gasteiger partial charge in [-0.15, -0.1) is 11.3 Å². The number of hydrogen-bond acceptors (Lipinski definition) is 5. The molecule has 0 atom stereocenters. The van der Waals surface area contributed by atoms with Crippen LogP contribution in [0.3, 0.4) is 0 Å². The molecular weight excluding hydrogens is 220 g/mol. The highest BCUT2D eigenvalue weighted by atomic mass is 32.1. The number of nitrogens with zero attached hydrogens (tertiary/aromatic N) is 2. The highest BCUT2D eigenvalue weighted by Gasteiger charge is 2.08. The van der Waals surface area contributed by atoms with E-state index >= 15 is 0 Å². The number of hydrogen-bond donors (Lipinski definition) is 2. The summed E-state index contributed by atoms with van der Waals surface area (Å²) in [6, 6.07) is 2.08. The Morgan fingerprint density at radius 2 is 2.19 bits per heavy atom. The SMILES string of the molecule is CCCNc1nc(N)c2cc(CC)sc2n1. The summed E-state index contributed by atoms with van der Waals surface area (Å²) in [7, 11) is 0. The van der Waals surface area contributed by atoms with E-state index in [9.17, 15) is 0 Å². The Balaban J connectivity index is 2.40. The third-order valence-corrected chi connectivity index (χ3v) is 3.53. The molecule has 2 aromatic rings. The molecule has 0 saturated carbocycles. The number of aromatic nitrogens is 2. The number of nitrogens with one attached hydrogen (secondary N) is 1. The van der Waals surface area contributed by atoms with Crippen molar-refractivity contribution in [1.29, 1.82) is 0 Å². The van der Waals surface area contributed by atoms with E-state index in [1.807, 2.05) is 0 Å². The number of nitrogen functional groups attached to an aromatic ring is 1. The Labute approximate surface area is 98.9 Å². The zero-order valence-corrected chi connectivity index (χ0v) is 10.4. The fourth-order valence-corrected chi connectivity index (χ4v) is 2.46. The molecule has 0 aliphatic rings. The minimum atomic E-state index is 0.569. The van der Waals surface area contributed by atoms with Crippen molar-refractivity contribution >= 4 is 33.3 Å². The predicted octanol–water partition coefficient (Wildman–Crippen LogP) is 2.66. The van der Waals surface area contributed by atoms with Gasteiger partial charge in [0, 0.05) is 11.4 Å². The molecule has 2 rings (SSSR count). The quantitative estimate of drug-likeness (QED) is 0.856. The average molecular weight is 236 g/mol. The average Bonchev–Trinajstić information content (AvgIpc) is 2.70. The summed E-state index contributed by atoms with van der Waals surface area (Å²) in [5.41, 5.74) is 5.91. The maximum absolute atomic E-state index is 5.91. The van der Waals surface area contributed by atoms with Gasteiger partial charge in [0.05, 0.1) is 5.39 Å². The molecule has 4 nitrogen and oxygen atoms in total. The first-order chi connectivity index (χ1) is 7.74. The van der Waals surface area contributed by atoms with Crippen LogP contribution in [-0.2, 0) is 6.42 Å². The smallest absolute Gasteiger partial charge is 0.226 e. The molecule has 0 amide bonds. The number of aryl methyl sites for hydroxylation is 1. The molecular formula is C11H16N4S. The third-order valence-electron chi connectivity index (χ3n) is 2.35. The Kier molecular flexibility index (Phi) is 3.24. The molecule has 0 aliphatic heterocycles. The minimum absolute atomic E-state index is 0.569. The highest BCUT2D eigenvalue weighted by molar-refractivity contribution is 7.18. The summed E-state index contributed by atoms with van der Waals surface area (Å²) in [6.45, 7) is 5.11. The molecule has 2 heterocycles. The zero-order valence-electron chi connectivity index (χ0n) is 9.58. The fraction of sp³-hybridized carbons (Fsp3) is 0.455. The molecule has 86 valence electrons. The van der Waals surface area contributed by atoms with Gasteiger partial charge < -0.3 is 11.1 Å². The molecule has 0 radical (unpaired) electrons. The van der Waals surface area contributed by atoms with Crippen LogP contribution in [0.4, 0.5) is 11.8 Å². The van der Waals surface area contributed by atoms with E-state index in [1.54, 1.807) is 11.3 Å². The Hall–Kier alpha value is -1.36. The summed E-state index contributed by atoms with van der Waals surface area (Å²) in [4.78, 5) is 11.0. The topological polar surface area (TPSA) is 63.8 Å². The summed E-state index contributed by atoms with van der Waals surface area (Å²) < 4.78 is 0. The van der Waals surface area contributed by atoms with Crippen LogP contribution in [0.2, 0.25) is 0 Å². The van der Waals surface area contributed by atoms with Gasteiger partial charge in [0.2, 0.25) is 5.95 Å². The van der Waals surface area contributed by atoms with Gasteiger partial charge in [-0.3, -0.25) is 0 Å². The summed E-state index contributed by atoms with van der Waals surface area (Å²) in [5, 5.41) is 4.13. The Bertz CT molecular complexity index is 492. The maximum Gasteiger partial charge on any atom is 0.226 e. The number of anilines is 2. The lowest BCUT2D eigenvalue weighted by Crippen LogP contribution is -2.05. The largest absolute Gasteiger partial charge is 0.383 e.